The Balaban J connectivity index is 2.24. The fraction of sp³-hybridized carbons (Fsp3) is 0.647. The molecule has 1 fully saturated rings. The Morgan fingerprint density at radius 3 is 2.55 bits per heavy atom. The molecule has 0 aliphatic heterocycles. The minimum atomic E-state index is 0.0305. The van der Waals surface area contributed by atoms with Crippen LogP contribution in [0.2, 0.25) is 0 Å². The molecule has 112 valence electrons. The standard InChI is InChI=1S/C17H27BrN2/c1-12-7-14(18)9-15(8-12)20-17(11-19)6-5-16(3,4)10-13(17)2/h7-9,13,20H,5-6,10-11,19H2,1-4H3. The summed E-state index contributed by atoms with van der Waals surface area (Å²) in [7, 11) is 0. The Kier molecular flexibility index (Phi) is 4.50. The van der Waals surface area contributed by atoms with Gasteiger partial charge < -0.3 is 11.1 Å². The topological polar surface area (TPSA) is 38.0 Å². The molecule has 3 heteroatoms. The first kappa shape index (κ1) is 15.8. The quantitative estimate of drug-likeness (QED) is 0.837. The van der Waals surface area contributed by atoms with E-state index in [0.717, 1.165) is 10.9 Å². The number of hydrogen-bond donors (Lipinski definition) is 2. The zero-order valence-corrected chi connectivity index (χ0v) is 14.7. The van der Waals surface area contributed by atoms with E-state index < -0.39 is 0 Å². The lowest BCUT2D eigenvalue weighted by Gasteiger charge is -2.49. The van der Waals surface area contributed by atoms with Crippen LogP contribution in [-0.2, 0) is 0 Å². The lowest BCUT2D eigenvalue weighted by molar-refractivity contribution is 0.120. The highest BCUT2D eigenvalue weighted by Gasteiger charge is 2.42. The summed E-state index contributed by atoms with van der Waals surface area (Å²) in [4.78, 5) is 0. The molecular formula is C17H27BrN2. The Morgan fingerprint density at radius 2 is 2.00 bits per heavy atom. The summed E-state index contributed by atoms with van der Waals surface area (Å²) in [5.41, 5.74) is 9.07. The van der Waals surface area contributed by atoms with Gasteiger partial charge in [-0.05, 0) is 61.3 Å². The van der Waals surface area contributed by atoms with Crippen molar-refractivity contribution < 1.29 is 0 Å². The van der Waals surface area contributed by atoms with E-state index in [4.69, 9.17) is 5.73 Å². The van der Waals surface area contributed by atoms with E-state index in [9.17, 15) is 0 Å². The SMILES string of the molecule is Cc1cc(Br)cc(NC2(CN)CCC(C)(C)CC2C)c1. The third-order valence-electron chi connectivity index (χ3n) is 4.85. The number of rotatable bonds is 3. The first-order chi connectivity index (χ1) is 9.26. The van der Waals surface area contributed by atoms with Gasteiger partial charge in [-0.25, -0.2) is 0 Å². The van der Waals surface area contributed by atoms with Gasteiger partial charge in [-0.15, -0.1) is 0 Å². The van der Waals surface area contributed by atoms with Gasteiger partial charge in [-0.3, -0.25) is 0 Å². The predicted octanol–water partition coefficient (Wildman–Crippen LogP) is 4.71. The van der Waals surface area contributed by atoms with Gasteiger partial charge in [0.05, 0.1) is 5.54 Å². The normalized spacial score (nSPS) is 29.2. The summed E-state index contributed by atoms with van der Waals surface area (Å²) in [6.07, 6.45) is 3.60. The zero-order valence-electron chi connectivity index (χ0n) is 13.1. The van der Waals surface area contributed by atoms with Crippen LogP contribution in [0, 0.1) is 18.3 Å². The van der Waals surface area contributed by atoms with Gasteiger partial charge in [-0.2, -0.15) is 0 Å². The minimum Gasteiger partial charge on any atom is -0.378 e. The van der Waals surface area contributed by atoms with Crippen LogP contribution in [0.25, 0.3) is 0 Å². The van der Waals surface area contributed by atoms with E-state index in [1.54, 1.807) is 0 Å². The number of nitrogens with one attached hydrogen (secondary N) is 1. The summed E-state index contributed by atoms with van der Waals surface area (Å²) in [5, 5.41) is 3.76. The van der Waals surface area contributed by atoms with Crippen LogP contribution in [0.4, 0.5) is 5.69 Å². The van der Waals surface area contributed by atoms with Crippen LogP contribution in [0.15, 0.2) is 22.7 Å². The lowest BCUT2D eigenvalue weighted by atomic mass is 9.63. The van der Waals surface area contributed by atoms with Crippen molar-refractivity contribution >= 4 is 21.6 Å². The number of anilines is 1. The number of benzene rings is 1. The second kappa shape index (κ2) is 5.69. The van der Waals surface area contributed by atoms with Gasteiger partial charge in [0.1, 0.15) is 0 Å². The smallest absolute Gasteiger partial charge is 0.0521 e. The largest absolute Gasteiger partial charge is 0.378 e. The van der Waals surface area contributed by atoms with Gasteiger partial charge in [0.2, 0.25) is 0 Å². The molecular weight excluding hydrogens is 312 g/mol. The fourth-order valence-corrected chi connectivity index (χ4v) is 4.18. The molecule has 0 bridgehead atoms. The molecule has 20 heavy (non-hydrogen) atoms. The van der Waals surface area contributed by atoms with E-state index in [-0.39, 0.29) is 5.54 Å². The third-order valence-corrected chi connectivity index (χ3v) is 5.31. The molecule has 1 aliphatic carbocycles. The second-order valence-corrected chi connectivity index (χ2v) is 8.19. The first-order valence-corrected chi connectivity index (χ1v) is 8.31. The molecule has 0 radical (unpaired) electrons. The van der Waals surface area contributed by atoms with Gasteiger partial charge in [-0.1, -0.05) is 36.7 Å². The number of nitrogens with two attached hydrogens (primary N) is 1. The Hall–Kier alpha value is -0.540. The highest BCUT2D eigenvalue weighted by molar-refractivity contribution is 9.10. The van der Waals surface area contributed by atoms with Crippen molar-refractivity contribution in [1.29, 1.82) is 0 Å². The molecule has 0 heterocycles. The highest BCUT2D eigenvalue weighted by atomic mass is 79.9. The summed E-state index contributed by atoms with van der Waals surface area (Å²) in [6.45, 7) is 9.89. The van der Waals surface area contributed by atoms with Crippen LogP contribution >= 0.6 is 15.9 Å². The van der Waals surface area contributed by atoms with Crippen molar-refractivity contribution in [3.63, 3.8) is 0 Å². The van der Waals surface area contributed by atoms with Crippen molar-refractivity contribution in [1.82, 2.24) is 0 Å². The Labute approximate surface area is 131 Å². The maximum atomic E-state index is 6.17. The monoisotopic (exact) mass is 338 g/mol. The van der Waals surface area contributed by atoms with E-state index in [1.807, 2.05) is 0 Å². The molecule has 2 rings (SSSR count). The van der Waals surface area contributed by atoms with Crippen LogP contribution in [0.1, 0.15) is 45.6 Å². The average molecular weight is 339 g/mol. The molecule has 2 atom stereocenters. The molecule has 0 saturated heterocycles. The van der Waals surface area contributed by atoms with Crippen molar-refractivity contribution in [2.24, 2.45) is 17.1 Å². The van der Waals surface area contributed by atoms with E-state index in [0.29, 0.717) is 17.9 Å². The van der Waals surface area contributed by atoms with E-state index >= 15 is 0 Å². The van der Waals surface area contributed by atoms with Crippen molar-refractivity contribution in [3.8, 4) is 0 Å². The molecule has 0 spiro atoms. The van der Waals surface area contributed by atoms with Gasteiger partial charge in [0, 0.05) is 16.7 Å². The maximum absolute atomic E-state index is 6.17. The van der Waals surface area contributed by atoms with Gasteiger partial charge in [0.25, 0.3) is 0 Å². The molecule has 2 nitrogen and oxygen atoms in total. The maximum Gasteiger partial charge on any atom is 0.0521 e. The first-order valence-electron chi connectivity index (χ1n) is 7.52. The minimum absolute atomic E-state index is 0.0305. The molecule has 1 aliphatic rings. The fourth-order valence-electron chi connectivity index (χ4n) is 3.57. The lowest BCUT2D eigenvalue weighted by Crippen LogP contribution is -2.55. The average Bonchev–Trinajstić information content (AvgIpc) is 2.31. The van der Waals surface area contributed by atoms with Crippen molar-refractivity contribution in [2.45, 2.75) is 52.5 Å². The predicted molar refractivity (Wildman–Crippen MR) is 91.1 cm³/mol. The molecule has 0 aromatic heterocycles. The molecule has 3 N–H and O–H groups in total. The number of hydrogen-bond acceptors (Lipinski definition) is 2. The molecule has 0 amide bonds. The Morgan fingerprint density at radius 1 is 1.30 bits per heavy atom. The third kappa shape index (κ3) is 3.37. The van der Waals surface area contributed by atoms with E-state index in [1.165, 1.54) is 24.1 Å². The van der Waals surface area contributed by atoms with Crippen LogP contribution in [0.5, 0.6) is 0 Å². The van der Waals surface area contributed by atoms with Crippen molar-refractivity contribution in [3.05, 3.63) is 28.2 Å². The number of halogens is 1. The van der Waals surface area contributed by atoms with E-state index in [2.05, 4.69) is 67.1 Å². The molecule has 1 aromatic rings. The summed E-state index contributed by atoms with van der Waals surface area (Å²) < 4.78 is 1.12. The van der Waals surface area contributed by atoms with Crippen LogP contribution in [-0.4, -0.2) is 12.1 Å². The van der Waals surface area contributed by atoms with Crippen LogP contribution in [0.3, 0.4) is 0 Å². The molecule has 1 saturated carbocycles. The zero-order chi connectivity index (χ0) is 15.0. The highest BCUT2D eigenvalue weighted by Crippen LogP contribution is 2.45. The Bertz CT molecular complexity index is 464. The van der Waals surface area contributed by atoms with Gasteiger partial charge in [0.15, 0.2) is 0 Å². The van der Waals surface area contributed by atoms with Crippen molar-refractivity contribution in [2.75, 3.05) is 11.9 Å². The number of aryl methyl sites for hydroxylation is 1. The summed E-state index contributed by atoms with van der Waals surface area (Å²) in [5.74, 6) is 0.579. The molecule has 2 unspecified atom stereocenters. The molecule has 1 aromatic carbocycles. The second-order valence-electron chi connectivity index (χ2n) is 7.27. The summed E-state index contributed by atoms with van der Waals surface area (Å²) in [6, 6.07) is 6.49. The van der Waals surface area contributed by atoms with Crippen LogP contribution < -0.4 is 11.1 Å². The van der Waals surface area contributed by atoms with Gasteiger partial charge >= 0.3 is 0 Å². The summed E-state index contributed by atoms with van der Waals surface area (Å²) >= 11 is 3.58.